The van der Waals surface area contributed by atoms with Crippen LogP contribution in [-0.2, 0) is 9.47 Å². The van der Waals surface area contributed by atoms with Crippen molar-refractivity contribution in [1.82, 2.24) is 0 Å². The summed E-state index contributed by atoms with van der Waals surface area (Å²) in [6.45, 7) is 4.34. The molecule has 23 heavy (non-hydrogen) atoms. The topological polar surface area (TPSA) is 18.5 Å². The van der Waals surface area contributed by atoms with Crippen molar-refractivity contribution in [1.29, 1.82) is 0 Å². The van der Waals surface area contributed by atoms with Crippen molar-refractivity contribution < 1.29 is 27.0 Å². The number of hydrogen-bond donors (Lipinski definition) is 0. The van der Waals surface area contributed by atoms with E-state index in [2.05, 4.69) is 0 Å². The van der Waals surface area contributed by atoms with Crippen molar-refractivity contribution in [2.24, 2.45) is 11.8 Å². The minimum Gasteiger partial charge on any atom is -0.375 e. The quantitative estimate of drug-likeness (QED) is 0.669. The lowest BCUT2D eigenvalue weighted by atomic mass is 9.69. The highest BCUT2D eigenvalue weighted by molar-refractivity contribution is 4.98. The maximum atomic E-state index is 14.5. The van der Waals surface area contributed by atoms with Gasteiger partial charge in [-0.15, -0.1) is 0 Å². The third-order valence-electron chi connectivity index (χ3n) is 5.17. The molecule has 8 unspecified atom stereocenters. The average Bonchev–Trinajstić information content (AvgIpc) is 2.54. The maximum absolute atomic E-state index is 14.5. The van der Waals surface area contributed by atoms with E-state index in [1.54, 1.807) is 6.92 Å². The number of rotatable bonds is 6. The number of halogens is 4. The SMILES string of the molecule is CCCOC1CCC(C2CCC(OCC)C(F)C2F)C(F)C1F. The Morgan fingerprint density at radius 3 is 1.61 bits per heavy atom. The number of ether oxygens (including phenoxy) is 2. The van der Waals surface area contributed by atoms with Crippen LogP contribution in [0.2, 0.25) is 0 Å². The molecule has 0 spiro atoms. The van der Waals surface area contributed by atoms with Crippen LogP contribution in [0.4, 0.5) is 17.6 Å². The zero-order valence-electron chi connectivity index (χ0n) is 13.9. The van der Waals surface area contributed by atoms with Crippen LogP contribution in [-0.4, -0.2) is 50.1 Å². The van der Waals surface area contributed by atoms with Crippen LogP contribution in [0.15, 0.2) is 0 Å². The summed E-state index contributed by atoms with van der Waals surface area (Å²) in [4.78, 5) is 0. The summed E-state index contributed by atoms with van der Waals surface area (Å²) in [5.41, 5.74) is 0. The normalized spacial score (nSPS) is 45.1. The zero-order chi connectivity index (χ0) is 17.0. The molecule has 0 saturated heterocycles. The van der Waals surface area contributed by atoms with E-state index in [0.717, 1.165) is 6.42 Å². The highest BCUT2D eigenvalue weighted by atomic mass is 19.2. The van der Waals surface area contributed by atoms with Gasteiger partial charge in [-0.2, -0.15) is 0 Å². The van der Waals surface area contributed by atoms with Gasteiger partial charge in [0.2, 0.25) is 0 Å². The van der Waals surface area contributed by atoms with Crippen LogP contribution in [0.5, 0.6) is 0 Å². The molecule has 136 valence electrons. The standard InChI is InChI=1S/C17H28F4O2/c1-3-9-23-13-8-6-11(15(19)17(13)21)10-5-7-12(22-4-2)16(20)14(10)18/h10-17H,3-9H2,1-2H3. The predicted octanol–water partition coefficient (Wildman–Crippen LogP) is 4.36. The molecule has 0 bridgehead atoms. The van der Waals surface area contributed by atoms with Gasteiger partial charge in [-0.05, 0) is 50.9 Å². The van der Waals surface area contributed by atoms with Crippen LogP contribution in [0.3, 0.4) is 0 Å². The summed E-state index contributed by atoms with van der Waals surface area (Å²) in [6, 6.07) is 0. The van der Waals surface area contributed by atoms with Gasteiger partial charge in [-0.3, -0.25) is 0 Å². The highest BCUT2D eigenvalue weighted by Crippen LogP contribution is 2.44. The second-order valence-electron chi connectivity index (χ2n) is 6.66. The molecule has 0 aromatic carbocycles. The monoisotopic (exact) mass is 340 g/mol. The van der Waals surface area contributed by atoms with E-state index < -0.39 is 48.7 Å². The van der Waals surface area contributed by atoms with Crippen molar-refractivity contribution in [3.63, 3.8) is 0 Å². The highest BCUT2D eigenvalue weighted by Gasteiger charge is 2.50. The molecule has 0 aromatic heterocycles. The molecule has 2 saturated carbocycles. The molecule has 0 heterocycles. The molecule has 2 aliphatic carbocycles. The molecule has 0 amide bonds. The fraction of sp³-hybridized carbons (Fsp3) is 1.00. The first-order chi connectivity index (χ1) is 11.0. The van der Waals surface area contributed by atoms with E-state index in [4.69, 9.17) is 9.47 Å². The Bertz CT molecular complexity index is 357. The fourth-order valence-electron chi connectivity index (χ4n) is 3.97. The Hall–Kier alpha value is -0.360. The van der Waals surface area contributed by atoms with E-state index in [1.807, 2.05) is 6.92 Å². The first kappa shape index (κ1) is 19.0. The van der Waals surface area contributed by atoms with Gasteiger partial charge in [0, 0.05) is 13.2 Å². The third kappa shape index (κ3) is 4.19. The van der Waals surface area contributed by atoms with Gasteiger partial charge in [0.25, 0.3) is 0 Å². The van der Waals surface area contributed by atoms with E-state index in [1.165, 1.54) is 0 Å². The van der Waals surface area contributed by atoms with Crippen LogP contribution in [0.1, 0.15) is 46.0 Å². The van der Waals surface area contributed by atoms with Gasteiger partial charge < -0.3 is 9.47 Å². The molecule has 0 aromatic rings. The molecule has 2 rings (SSSR count). The van der Waals surface area contributed by atoms with E-state index in [9.17, 15) is 17.6 Å². The molecule has 6 heteroatoms. The van der Waals surface area contributed by atoms with Crippen molar-refractivity contribution in [2.75, 3.05) is 13.2 Å². The zero-order valence-corrected chi connectivity index (χ0v) is 13.9. The summed E-state index contributed by atoms with van der Waals surface area (Å²) >= 11 is 0. The smallest absolute Gasteiger partial charge is 0.157 e. The van der Waals surface area contributed by atoms with Crippen molar-refractivity contribution in [3.05, 3.63) is 0 Å². The molecular formula is C17H28F4O2. The molecule has 2 nitrogen and oxygen atoms in total. The lowest BCUT2D eigenvalue weighted by Gasteiger charge is -2.43. The van der Waals surface area contributed by atoms with Gasteiger partial charge >= 0.3 is 0 Å². The third-order valence-corrected chi connectivity index (χ3v) is 5.17. The van der Waals surface area contributed by atoms with E-state index in [-0.39, 0.29) is 0 Å². The van der Waals surface area contributed by atoms with Gasteiger partial charge in [-0.1, -0.05) is 6.92 Å². The molecule has 0 radical (unpaired) electrons. The van der Waals surface area contributed by atoms with Gasteiger partial charge in [-0.25, -0.2) is 17.6 Å². The van der Waals surface area contributed by atoms with Crippen LogP contribution >= 0.6 is 0 Å². The predicted molar refractivity (Wildman–Crippen MR) is 80.5 cm³/mol. The Morgan fingerprint density at radius 1 is 0.696 bits per heavy atom. The molecule has 0 aliphatic heterocycles. The van der Waals surface area contributed by atoms with Crippen LogP contribution < -0.4 is 0 Å². The van der Waals surface area contributed by atoms with Crippen molar-refractivity contribution in [2.45, 2.75) is 82.8 Å². The summed E-state index contributed by atoms with van der Waals surface area (Å²) in [6.07, 6.45) is -6.48. The number of alkyl halides is 4. The second kappa shape index (κ2) is 8.65. The molecule has 2 aliphatic rings. The van der Waals surface area contributed by atoms with E-state index in [0.29, 0.717) is 38.9 Å². The fourth-order valence-corrected chi connectivity index (χ4v) is 3.97. The molecule has 0 N–H and O–H groups in total. The first-order valence-electron chi connectivity index (χ1n) is 8.80. The average molecular weight is 340 g/mol. The van der Waals surface area contributed by atoms with Crippen molar-refractivity contribution >= 4 is 0 Å². The van der Waals surface area contributed by atoms with Crippen LogP contribution in [0.25, 0.3) is 0 Å². The second-order valence-corrected chi connectivity index (χ2v) is 6.66. The van der Waals surface area contributed by atoms with Gasteiger partial charge in [0.05, 0.1) is 12.2 Å². The molecule has 2 fully saturated rings. The lowest BCUT2D eigenvalue weighted by Crippen LogP contribution is -2.51. The largest absolute Gasteiger partial charge is 0.375 e. The molecule has 8 atom stereocenters. The maximum Gasteiger partial charge on any atom is 0.157 e. The minimum atomic E-state index is -1.79. The Labute approximate surface area is 135 Å². The van der Waals surface area contributed by atoms with Crippen molar-refractivity contribution in [3.8, 4) is 0 Å². The van der Waals surface area contributed by atoms with Crippen LogP contribution in [0, 0.1) is 11.8 Å². The van der Waals surface area contributed by atoms with Gasteiger partial charge in [0.15, 0.2) is 12.3 Å². The Balaban J connectivity index is 1.97. The first-order valence-corrected chi connectivity index (χ1v) is 8.80. The summed E-state index contributed by atoms with van der Waals surface area (Å²) in [5, 5.41) is 0. The minimum absolute atomic E-state index is 0.320. The summed E-state index contributed by atoms with van der Waals surface area (Å²) in [5.74, 6) is -1.55. The summed E-state index contributed by atoms with van der Waals surface area (Å²) in [7, 11) is 0. The summed E-state index contributed by atoms with van der Waals surface area (Å²) < 4.78 is 67.9. The Kier molecular flexibility index (Phi) is 7.14. The molecular weight excluding hydrogens is 312 g/mol. The van der Waals surface area contributed by atoms with Gasteiger partial charge in [0.1, 0.15) is 12.3 Å². The lowest BCUT2D eigenvalue weighted by molar-refractivity contribution is -0.120. The van der Waals surface area contributed by atoms with E-state index >= 15 is 0 Å². The Morgan fingerprint density at radius 2 is 1.17 bits per heavy atom. The number of hydrogen-bond acceptors (Lipinski definition) is 2.